The smallest absolute Gasteiger partial charge is 0.453 e. The van der Waals surface area contributed by atoms with E-state index in [-0.39, 0.29) is 18.0 Å². The van der Waals surface area contributed by atoms with Crippen molar-refractivity contribution in [2.75, 3.05) is 13.2 Å². The predicted octanol–water partition coefficient (Wildman–Crippen LogP) is 6.14. The van der Waals surface area contributed by atoms with Crippen LogP contribution < -0.4 is 5.43 Å². The lowest BCUT2D eigenvalue weighted by atomic mass is 9.97. The summed E-state index contributed by atoms with van der Waals surface area (Å²) in [5.41, 5.74) is -0.718. The summed E-state index contributed by atoms with van der Waals surface area (Å²) in [5.74, 6) is -3.90. The summed E-state index contributed by atoms with van der Waals surface area (Å²) >= 11 is 2.61. The van der Waals surface area contributed by atoms with E-state index in [0.29, 0.717) is 16.4 Å². The molecule has 0 aliphatic carbocycles. The predicted molar refractivity (Wildman–Crippen MR) is 160 cm³/mol. The highest BCUT2D eigenvalue weighted by atomic mass is 32.1. The molecule has 3 rings (SSSR count). The molecule has 1 unspecified atom stereocenters. The summed E-state index contributed by atoms with van der Waals surface area (Å²) in [6.07, 6.45) is -5.15. The first-order valence-electron chi connectivity index (χ1n) is 13.4. The van der Waals surface area contributed by atoms with Gasteiger partial charge in [-0.2, -0.15) is 18.3 Å². The molecule has 14 heteroatoms. The minimum absolute atomic E-state index is 0.0260. The summed E-state index contributed by atoms with van der Waals surface area (Å²) in [6, 6.07) is 7.34. The zero-order chi connectivity index (χ0) is 31.2. The molecule has 0 aliphatic heterocycles. The number of amides is 1. The van der Waals surface area contributed by atoms with Gasteiger partial charge in [0.25, 0.3) is 5.91 Å². The minimum Gasteiger partial charge on any atom is -0.453 e. The maximum atomic E-state index is 13.8. The Morgan fingerprint density at radius 3 is 2.17 bits per heavy atom. The van der Waals surface area contributed by atoms with E-state index in [2.05, 4.69) is 24.7 Å². The number of ether oxygens (including phenoxy) is 2. The SMILES string of the molecule is Cc1cn(COCC[Si](C)(C)C)nc(C(=O)N(CC(OC(=O)C(F)(F)F)C(c2cccs2)c2cccs2)C(C)C)c1=O. The fraction of sp³-hybridized carbons (Fsp3) is 0.500. The number of nitrogens with zero attached hydrogens (tertiary/aromatic N) is 3. The van der Waals surface area contributed by atoms with Crippen LogP contribution in [0.3, 0.4) is 0 Å². The quantitative estimate of drug-likeness (QED) is 0.126. The van der Waals surface area contributed by atoms with E-state index < -0.39 is 56.2 Å². The van der Waals surface area contributed by atoms with Gasteiger partial charge >= 0.3 is 12.1 Å². The van der Waals surface area contributed by atoms with E-state index in [1.807, 2.05) is 0 Å². The van der Waals surface area contributed by atoms with Gasteiger partial charge in [0.15, 0.2) is 5.69 Å². The molecule has 0 radical (unpaired) electrons. The summed E-state index contributed by atoms with van der Waals surface area (Å²) in [4.78, 5) is 41.6. The number of halogens is 3. The highest BCUT2D eigenvalue weighted by molar-refractivity contribution is 7.11. The molecular formula is C28H36F3N3O5S2Si. The van der Waals surface area contributed by atoms with E-state index >= 15 is 0 Å². The minimum atomic E-state index is -5.23. The van der Waals surface area contributed by atoms with Crippen LogP contribution in [0.4, 0.5) is 13.2 Å². The summed E-state index contributed by atoms with van der Waals surface area (Å²) in [6.45, 7) is 11.7. The number of hydrogen-bond donors (Lipinski definition) is 0. The Morgan fingerprint density at radius 2 is 1.69 bits per heavy atom. The van der Waals surface area contributed by atoms with Crippen molar-refractivity contribution in [1.82, 2.24) is 14.7 Å². The summed E-state index contributed by atoms with van der Waals surface area (Å²) < 4.78 is 52.4. The largest absolute Gasteiger partial charge is 0.490 e. The highest BCUT2D eigenvalue weighted by Crippen LogP contribution is 2.37. The van der Waals surface area contributed by atoms with Crippen molar-refractivity contribution in [1.29, 1.82) is 0 Å². The number of carbonyl (C=O) groups is 2. The van der Waals surface area contributed by atoms with Crippen LogP contribution in [0.1, 0.15) is 45.6 Å². The molecule has 0 fully saturated rings. The van der Waals surface area contributed by atoms with E-state index in [1.54, 1.807) is 55.8 Å². The van der Waals surface area contributed by atoms with Crippen LogP contribution in [-0.4, -0.2) is 66.1 Å². The average Bonchev–Trinajstić information content (AvgIpc) is 3.60. The van der Waals surface area contributed by atoms with E-state index in [1.165, 1.54) is 38.5 Å². The molecule has 3 heterocycles. The molecule has 230 valence electrons. The lowest BCUT2D eigenvalue weighted by Gasteiger charge is -2.34. The van der Waals surface area contributed by atoms with Gasteiger partial charge < -0.3 is 14.4 Å². The van der Waals surface area contributed by atoms with Gasteiger partial charge in [-0.15, -0.1) is 22.7 Å². The number of thiophene rings is 2. The normalized spacial score (nSPS) is 13.0. The Morgan fingerprint density at radius 1 is 1.10 bits per heavy atom. The van der Waals surface area contributed by atoms with Crippen LogP contribution in [0.15, 0.2) is 46.0 Å². The van der Waals surface area contributed by atoms with Gasteiger partial charge in [-0.1, -0.05) is 31.8 Å². The molecule has 0 saturated carbocycles. The first kappa shape index (κ1) is 33.7. The number of aromatic nitrogens is 2. The second-order valence-electron chi connectivity index (χ2n) is 11.4. The fourth-order valence-electron chi connectivity index (χ4n) is 4.13. The van der Waals surface area contributed by atoms with Crippen molar-refractivity contribution in [3.05, 3.63) is 72.5 Å². The molecule has 42 heavy (non-hydrogen) atoms. The molecule has 0 bridgehead atoms. The number of aryl methyl sites for hydroxylation is 1. The second-order valence-corrected chi connectivity index (χ2v) is 19.0. The Balaban J connectivity index is 1.97. The van der Waals surface area contributed by atoms with Gasteiger partial charge in [0.05, 0.1) is 12.5 Å². The molecule has 3 aromatic rings. The maximum Gasteiger partial charge on any atom is 0.490 e. The van der Waals surface area contributed by atoms with Crippen LogP contribution in [-0.2, 0) is 21.0 Å². The van der Waals surface area contributed by atoms with Crippen molar-refractivity contribution in [3.63, 3.8) is 0 Å². The third kappa shape index (κ3) is 9.09. The summed E-state index contributed by atoms with van der Waals surface area (Å²) in [7, 11) is -1.33. The topological polar surface area (TPSA) is 90.7 Å². The molecule has 0 aromatic carbocycles. The Kier molecular flexibility index (Phi) is 11.3. The van der Waals surface area contributed by atoms with E-state index in [4.69, 9.17) is 9.47 Å². The first-order chi connectivity index (χ1) is 19.6. The van der Waals surface area contributed by atoms with Gasteiger partial charge in [-0.25, -0.2) is 9.48 Å². The molecule has 0 spiro atoms. The molecular weight excluding hydrogens is 608 g/mol. The van der Waals surface area contributed by atoms with Gasteiger partial charge in [0.1, 0.15) is 12.8 Å². The van der Waals surface area contributed by atoms with E-state index in [9.17, 15) is 27.6 Å². The Hall–Kier alpha value is -2.81. The van der Waals surface area contributed by atoms with Crippen LogP contribution in [0, 0.1) is 6.92 Å². The molecule has 1 amide bonds. The summed E-state index contributed by atoms with van der Waals surface area (Å²) in [5, 5.41) is 7.78. The number of esters is 1. The van der Waals surface area contributed by atoms with Crippen molar-refractivity contribution >= 4 is 42.6 Å². The number of rotatable bonds is 13. The Labute approximate surface area is 252 Å². The fourth-order valence-corrected chi connectivity index (χ4v) is 6.76. The number of carbonyl (C=O) groups excluding carboxylic acids is 2. The molecule has 0 aliphatic rings. The molecule has 3 aromatic heterocycles. The van der Waals surface area contributed by atoms with Crippen molar-refractivity contribution in [2.45, 2.75) is 77.4 Å². The van der Waals surface area contributed by atoms with Crippen molar-refractivity contribution in [2.24, 2.45) is 0 Å². The van der Waals surface area contributed by atoms with Gasteiger partial charge in [0, 0.05) is 42.2 Å². The van der Waals surface area contributed by atoms with Crippen LogP contribution in [0.5, 0.6) is 0 Å². The van der Waals surface area contributed by atoms with Crippen LogP contribution >= 0.6 is 22.7 Å². The highest BCUT2D eigenvalue weighted by Gasteiger charge is 2.45. The number of hydrogen-bond acceptors (Lipinski definition) is 8. The van der Waals surface area contributed by atoms with Gasteiger partial charge in [0.2, 0.25) is 5.43 Å². The van der Waals surface area contributed by atoms with Gasteiger partial charge in [-0.05, 0) is 49.7 Å². The van der Waals surface area contributed by atoms with Crippen LogP contribution in [0.2, 0.25) is 25.7 Å². The Bertz CT molecular complexity index is 1350. The maximum absolute atomic E-state index is 13.8. The zero-order valence-electron chi connectivity index (χ0n) is 24.4. The lowest BCUT2D eigenvalue weighted by molar-refractivity contribution is -0.206. The average molecular weight is 644 g/mol. The zero-order valence-corrected chi connectivity index (χ0v) is 27.1. The standard InChI is InChI=1S/C28H36F3N3O5S2Si/c1-18(2)34(26(36)24-25(35)19(3)15-33(32-24)17-38-11-14-42(4,5)6)16-20(39-27(37)28(29,30)31)23(21-9-7-12-40-21)22-10-8-13-41-22/h7-10,12-13,15,18,20,23H,11,14,16-17H2,1-6H3. The molecule has 1 atom stereocenters. The molecule has 8 nitrogen and oxygen atoms in total. The van der Waals surface area contributed by atoms with E-state index in [0.717, 1.165) is 6.04 Å². The third-order valence-corrected chi connectivity index (χ3v) is 10.0. The second kappa shape index (κ2) is 14.1. The lowest BCUT2D eigenvalue weighted by Crippen LogP contribution is -2.48. The van der Waals surface area contributed by atoms with Crippen molar-refractivity contribution in [3.8, 4) is 0 Å². The third-order valence-electron chi connectivity index (χ3n) is 6.39. The monoisotopic (exact) mass is 643 g/mol. The van der Waals surface area contributed by atoms with Crippen LogP contribution in [0.25, 0.3) is 0 Å². The van der Waals surface area contributed by atoms with Crippen molar-refractivity contribution < 1.29 is 32.2 Å². The van der Waals surface area contributed by atoms with Gasteiger partial charge in [-0.3, -0.25) is 9.59 Å². The first-order valence-corrected chi connectivity index (χ1v) is 18.9. The molecule has 0 N–H and O–H groups in total. The number of alkyl halides is 3. The molecule has 0 saturated heterocycles.